The van der Waals surface area contributed by atoms with Crippen molar-refractivity contribution in [2.75, 3.05) is 13.2 Å². The average molecular weight is 976 g/mol. The van der Waals surface area contributed by atoms with Crippen LogP contribution in [0.15, 0.2) is 0 Å². The van der Waals surface area contributed by atoms with E-state index in [2.05, 4.69) is 27.7 Å². The highest BCUT2D eigenvalue weighted by Gasteiger charge is 2.19. The third-order valence-corrected chi connectivity index (χ3v) is 14.9. The van der Waals surface area contributed by atoms with Gasteiger partial charge in [0.25, 0.3) is 0 Å². The minimum atomic E-state index is -0.762. The molecule has 0 fully saturated rings. The monoisotopic (exact) mass is 975 g/mol. The molecule has 0 radical (unpaired) electrons. The summed E-state index contributed by atoms with van der Waals surface area (Å²) in [6.07, 6.45) is 63.9. The molecule has 1 unspecified atom stereocenters. The number of carbonyl (C=O) groups is 3. The van der Waals surface area contributed by atoms with E-state index in [0.29, 0.717) is 19.3 Å². The first-order valence-electron chi connectivity index (χ1n) is 31.4. The van der Waals surface area contributed by atoms with Crippen LogP contribution >= 0.6 is 0 Å². The van der Waals surface area contributed by atoms with Crippen molar-refractivity contribution in [3.8, 4) is 0 Å². The fraction of sp³-hybridized carbons (Fsp3) is 0.952. The van der Waals surface area contributed by atoms with Gasteiger partial charge in [0.2, 0.25) is 0 Å². The Balaban J connectivity index is 4.21. The van der Waals surface area contributed by atoms with Gasteiger partial charge >= 0.3 is 17.9 Å². The molecule has 410 valence electrons. The smallest absolute Gasteiger partial charge is 0.306 e. The second-order valence-corrected chi connectivity index (χ2v) is 21.9. The summed E-state index contributed by atoms with van der Waals surface area (Å²) in [6.45, 7) is 9.12. The normalized spacial score (nSPS) is 12.3. The van der Waals surface area contributed by atoms with E-state index in [-0.39, 0.29) is 31.1 Å². The minimum absolute atomic E-state index is 0.0613. The summed E-state index contributed by atoms with van der Waals surface area (Å²) in [4.78, 5) is 38.2. The Morgan fingerprint density at radius 1 is 0.290 bits per heavy atom. The van der Waals surface area contributed by atoms with Gasteiger partial charge in [-0.05, 0) is 25.2 Å². The van der Waals surface area contributed by atoms with Crippen molar-refractivity contribution in [1.82, 2.24) is 0 Å². The van der Waals surface area contributed by atoms with Crippen LogP contribution in [0, 0.1) is 5.92 Å². The van der Waals surface area contributed by atoms with E-state index in [1.165, 1.54) is 257 Å². The topological polar surface area (TPSA) is 78.9 Å². The van der Waals surface area contributed by atoms with Gasteiger partial charge in [0.1, 0.15) is 13.2 Å². The molecule has 0 aliphatic carbocycles. The number of hydrogen-bond acceptors (Lipinski definition) is 6. The zero-order valence-electron chi connectivity index (χ0n) is 47.3. The van der Waals surface area contributed by atoms with Crippen molar-refractivity contribution in [2.45, 2.75) is 368 Å². The molecule has 0 spiro atoms. The maximum Gasteiger partial charge on any atom is 0.306 e. The average Bonchev–Trinajstić information content (AvgIpc) is 3.35. The third-order valence-electron chi connectivity index (χ3n) is 14.9. The van der Waals surface area contributed by atoms with Crippen molar-refractivity contribution in [3.05, 3.63) is 0 Å². The molecule has 6 nitrogen and oxygen atoms in total. The van der Waals surface area contributed by atoms with Gasteiger partial charge in [-0.2, -0.15) is 0 Å². The Kier molecular flexibility index (Phi) is 56.0. The molecule has 0 aromatic heterocycles. The molecule has 0 rings (SSSR count). The highest BCUT2D eigenvalue weighted by atomic mass is 16.6. The largest absolute Gasteiger partial charge is 0.462 e. The predicted octanol–water partition coefficient (Wildman–Crippen LogP) is 21.0. The van der Waals surface area contributed by atoms with Crippen LogP contribution in [0.5, 0.6) is 0 Å². The van der Waals surface area contributed by atoms with Gasteiger partial charge in [-0.3, -0.25) is 14.4 Å². The van der Waals surface area contributed by atoms with Crippen LogP contribution in [0.3, 0.4) is 0 Å². The SMILES string of the molecule is CCCCCCCCCCCCCCCCCCCCC(=O)OC[C@H](COC(=O)CCCCCCCCCCCCC)OC(=O)CCCCCCCCCCCCCCCCCCCCC(C)CC. The first kappa shape index (κ1) is 67.4. The summed E-state index contributed by atoms with van der Waals surface area (Å²) in [5.74, 6) is 0.0784. The fourth-order valence-electron chi connectivity index (χ4n) is 9.78. The summed E-state index contributed by atoms with van der Waals surface area (Å²) in [5.41, 5.74) is 0. The fourth-order valence-corrected chi connectivity index (χ4v) is 9.78. The van der Waals surface area contributed by atoms with E-state index in [0.717, 1.165) is 63.7 Å². The lowest BCUT2D eigenvalue weighted by molar-refractivity contribution is -0.167. The highest BCUT2D eigenvalue weighted by molar-refractivity contribution is 5.71. The van der Waals surface area contributed by atoms with E-state index in [1.807, 2.05) is 0 Å². The third kappa shape index (κ3) is 55.6. The number of hydrogen-bond donors (Lipinski definition) is 0. The van der Waals surface area contributed by atoms with Crippen molar-refractivity contribution in [2.24, 2.45) is 5.92 Å². The van der Waals surface area contributed by atoms with Crippen molar-refractivity contribution in [1.29, 1.82) is 0 Å². The van der Waals surface area contributed by atoms with Crippen molar-refractivity contribution >= 4 is 17.9 Å². The summed E-state index contributed by atoms with van der Waals surface area (Å²) in [6, 6.07) is 0. The van der Waals surface area contributed by atoms with Crippen LogP contribution < -0.4 is 0 Å². The van der Waals surface area contributed by atoms with Gasteiger partial charge in [-0.25, -0.2) is 0 Å². The zero-order valence-corrected chi connectivity index (χ0v) is 47.3. The van der Waals surface area contributed by atoms with Crippen molar-refractivity contribution in [3.63, 3.8) is 0 Å². The lowest BCUT2D eigenvalue weighted by Gasteiger charge is -2.18. The van der Waals surface area contributed by atoms with Gasteiger partial charge in [0.15, 0.2) is 6.10 Å². The lowest BCUT2D eigenvalue weighted by Crippen LogP contribution is -2.30. The zero-order chi connectivity index (χ0) is 50.2. The van der Waals surface area contributed by atoms with E-state index < -0.39 is 6.10 Å². The Morgan fingerprint density at radius 3 is 0.754 bits per heavy atom. The standard InChI is InChI=1S/C63H122O6/c1-5-8-10-12-14-16-18-19-20-21-25-28-31-35-39-43-47-51-55-62(65)68-58-60(57-67-61(64)54-50-46-42-38-33-17-15-13-11-9-6-2)69-63(66)56-52-48-44-40-36-32-29-26-23-22-24-27-30-34-37-41-45-49-53-59(4)7-3/h59-60H,5-58H2,1-4H3/t59?,60-/m0/s1. The quantitative estimate of drug-likeness (QED) is 0.0343. The molecule has 0 bridgehead atoms. The Hall–Kier alpha value is -1.59. The van der Waals surface area contributed by atoms with Crippen LogP contribution in [0.1, 0.15) is 362 Å². The summed E-state index contributed by atoms with van der Waals surface area (Å²) in [5, 5.41) is 0. The molecule has 6 heteroatoms. The Morgan fingerprint density at radius 2 is 0.507 bits per heavy atom. The molecule has 0 aliphatic heterocycles. The van der Waals surface area contributed by atoms with Crippen LogP contribution in [-0.4, -0.2) is 37.2 Å². The predicted molar refractivity (Wildman–Crippen MR) is 298 cm³/mol. The first-order valence-corrected chi connectivity index (χ1v) is 31.4. The van der Waals surface area contributed by atoms with Gasteiger partial charge < -0.3 is 14.2 Å². The molecule has 0 heterocycles. The summed E-state index contributed by atoms with van der Waals surface area (Å²) >= 11 is 0. The second-order valence-electron chi connectivity index (χ2n) is 21.9. The maximum absolute atomic E-state index is 12.9. The molecular formula is C63H122O6. The van der Waals surface area contributed by atoms with E-state index in [1.54, 1.807) is 0 Å². The Labute approximate surface area is 431 Å². The molecule has 0 N–H and O–H groups in total. The van der Waals surface area contributed by atoms with Crippen LogP contribution in [0.2, 0.25) is 0 Å². The van der Waals surface area contributed by atoms with Gasteiger partial charge in [0, 0.05) is 19.3 Å². The Bertz CT molecular complexity index is 1040. The molecule has 2 atom stereocenters. The summed E-state index contributed by atoms with van der Waals surface area (Å²) < 4.78 is 16.9. The van der Waals surface area contributed by atoms with Crippen LogP contribution in [0.4, 0.5) is 0 Å². The van der Waals surface area contributed by atoms with E-state index in [9.17, 15) is 14.4 Å². The van der Waals surface area contributed by atoms with Gasteiger partial charge in [0.05, 0.1) is 0 Å². The molecule has 0 aromatic carbocycles. The molecule has 0 saturated carbocycles. The second kappa shape index (κ2) is 57.3. The number of unbranched alkanes of at least 4 members (excludes halogenated alkanes) is 44. The number of carbonyl (C=O) groups excluding carboxylic acids is 3. The number of esters is 3. The van der Waals surface area contributed by atoms with Crippen molar-refractivity contribution < 1.29 is 28.6 Å². The molecule has 69 heavy (non-hydrogen) atoms. The number of rotatable bonds is 58. The minimum Gasteiger partial charge on any atom is -0.462 e. The van der Waals surface area contributed by atoms with Crippen LogP contribution in [0.25, 0.3) is 0 Å². The van der Waals surface area contributed by atoms with E-state index >= 15 is 0 Å². The summed E-state index contributed by atoms with van der Waals surface area (Å²) in [7, 11) is 0. The maximum atomic E-state index is 12.9. The van der Waals surface area contributed by atoms with Crippen LogP contribution in [-0.2, 0) is 28.6 Å². The van der Waals surface area contributed by atoms with Gasteiger partial charge in [-0.15, -0.1) is 0 Å². The molecule has 0 aliphatic rings. The molecule has 0 saturated heterocycles. The molecular weight excluding hydrogens is 853 g/mol. The molecule has 0 aromatic rings. The van der Waals surface area contributed by atoms with Gasteiger partial charge in [-0.1, -0.05) is 323 Å². The lowest BCUT2D eigenvalue weighted by atomic mass is 9.99. The van der Waals surface area contributed by atoms with E-state index in [4.69, 9.17) is 14.2 Å². The molecule has 0 amide bonds. The number of ether oxygens (including phenoxy) is 3. The highest BCUT2D eigenvalue weighted by Crippen LogP contribution is 2.19. The first-order chi connectivity index (χ1) is 33.9.